The second kappa shape index (κ2) is 7.53. The molecule has 0 radical (unpaired) electrons. The van der Waals surface area contributed by atoms with Gasteiger partial charge >= 0.3 is 0 Å². The summed E-state index contributed by atoms with van der Waals surface area (Å²) >= 11 is 0. The number of anilines is 1. The average Bonchev–Trinajstić information content (AvgIpc) is 2.43. The number of hydrogen-bond donors (Lipinski definition) is 1. The molecule has 4 heteroatoms. The number of hydrogen-bond acceptors (Lipinski definition) is 3. The van der Waals surface area contributed by atoms with Crippen molar-refractivity contribution in [3.63, 3.8) is 0 Å². The van der Waals surface area contributed by atoms with Crippen molar-refractivity contribution in [2.75, 3.05) is 11.1 Å². The van der Waals surface area contributed by atoms with Gasteiger partial charge in [0.15, 0.2) is 9.84 Å². The first kappa shape index (κ1) is 16.0. The summed E-state index contributed by atoms with van der Waals surface area (Å²) in [6.07, 6.45) is 4.40. The van der Waals surface area contributed by atoms with Gasteiger partial charge < -0.3 is 5.32 Å². The molecule has 0 aliphatic carbocycles. The second-order valence-corrected chi connectivity index (χ2v) is 7.04. The van der Waals surface area contributed by atoms with Crippen LogP contribution >= 0.6 is 0 Å². The monoisotopic (exact) mass is 283 g/mol. The van der Waals surface area contributed by atoms with E-state index >= 15 is 0 Å². The lowest BCUT2D eigenvalue weighted by atomic mass is 10.1. The summed E-state index contributed by atoms with van der Waals surface area (Å²) in [6, 6.07) is 7.54. The van der Waals surface area contributed by atoms with Gasteiger partial charge in [-0.2, -0.15) is 0 Å². The Hall–Kier alpha value is -1.03. The fraction of sp³-hybridized carbons (Fsp3) is 0.600. The van der Waals surface area contributed by atoms with E-state index in [1.165, 1.54) is 0 Å². The van der Waals surface area contributed by atoms with Gasteiger partial charge in [-0.25, -0.2) is 8.42 Å². The summed E-state index contributed by atoms with van der Waals surface area (Å²) in [7, 11) is -3.17. The predicted molar refractivity (Wildman–Crippen MR) is 81.4 cm³/mol. The van der Waals surface area contributed by atoms with Crippen LogP contribution in [0.3, 0.4) is 0 Å². The average molecular weight is 283 g/mol. The first-order valence-electron chi connectivity index (χ1n) is 7.13. The van der Waals surface area contributed by atoms with Crippen molar-refractivity contribution in [1.29, 1.82) is 0 Å². The molecule has 108 valence electrons. The Morgan fingerprint density at radius 2 is 1.84 bits per heavy atom. The van der Waals surface area contributed by atoms with Crippen molar-refractivity contribution in [2.24, 2.45) is 0 Å². The number of para-hydroxylation sites is 1. The summed E-state index contributed by atoms with van der Waals surface area (Å²) in [5, 5.41) is 3.39. The first-order chi connectivity index (χ1) is 9.05. The van der Waals surface area contributed by atoms with Crippen LogP contribution in [0.2, 0.25) is 0 Å². The number of nitrogens with one attached hydrogen (secondary N) is 1. The molecule has 0 heterocycles. The minimum atomic E-state index is -3.17. The molecular weight excluding hydrogens is 258 g/mol. The zero-order valence-electron chi connectivity index (χ0n) is 12.1. The molecule has 0 amide bonds. The highest BCUT2D eigenvalue weighted by Gasteiger charge is 2.17. The number of unbranched alkanes of at least 4 members (excludes halogenated alkanes) is 1. The quantitative estimate of drug-likeness (QED) is 0.788. The van der Waals surface area contributed by atoms with Gasteiger partial charge in [0.25, 0.3) is 0 Å². The molecule has 0 saturated heterocycles. The lowest BCUT2D eigenvalue weighted by Gasteiger charge is -2.20. The summed E-state index contributed by atoms with van der Waals surface area (Å²) in [4.78, 5) is 0.424. The molecule has 0 aromatic heterocycles. The van der Waals surface area contributed by atoms with Crippen LogP contribution in [0.4, 0.5) is 5.69 Å². The van der Waals surface area contributed by atoms with Crippen LogP contribution in [0.15, 0.2) is 29.2 Å². The molecule has 1 unspecified atom stereocenters. The highest BCUT2D eigenvalue weighted by atomic mass is 32.2. The van der Waals surface area contributed by atoms with Crippen LogP contribution in [0.1, 0.15) is 46.5 Å². The largest absolute Gasteiger partial charge is 0.381 e. The Bertz CT molecular complexity index is 483. The molecule has 1 atom stereocenters. The molecule has 0 aliphatic rings. The lowest BCUT2D eigenvalue weighted by molar-refractivity contribution is 0.588. The smallest absolute Gasteiger partial charge is 0.180 e. The van der Waals surface area contributed by atoms with E-state index < -0.39 is 9.84 Å². The Morgan fingerprint density at radius 1 is 1.16 bits per heavy atom. The Morgan fingerprint density at radius 3 is 2.42 bits per heavy atom. The van der Waals surface area contributed by atoms with Crippen LogP contribution in [-0.2, 0) is 9.84 Å². The Kier molecular flexibility index (Phi) is 6.35. The van der Waals surface area contributed by atoms with Gasteiger partial charge in [-0.3, -0.25) is 0 Å². The van der Waals surface area contributed by atoms with Crippen LogP contribution in [0.25, 0.3) is 0 Å². The van der Waals surface area contributed by atoms with Gasteiger partial charge in [0, 0.05) is 6.04 Å². The Balaban J connectivity index is 2.94. The highest BCUT2D eigenvalue weighted by Crippen LogP contribution is 2.24. The lowest BCUT2D eigenvalue weighted by Crippen LogP contribution is -2.20. The van der Waals surface area contributed by atoms with Crippen LogP contribution in [0.5, 0.6) is 0 Å². The van der Waals surface area contributed by atoms with Gasteiger partial charge in [0.05, 0.1) is 16.3 Å². The van der Waals surface area contributed by atoms with Gasteiger partial charge in [-0.15, -0.1) is 0 Å². The predicted octanol–water partition coefficient (Wildman–Crippen LogP) is 3.86. The third-order valence-electron chi connectivity index (χ3n) is 3.36. The van der Waals surface area contributed by atoms with E-state index in [-0.39, 0.29) is 5.75 Å². The second-order valence-electron chi connectivity index (χ2n) is 4.79. The number of benzene rings is 1. The summed E-state index contributed by atoms with van der Waals surface area (Å²) in [6.45, 7) is 5.98. The van der Waals surface area contributed by atoms with E-state index in [1.54, 1.807) is 19.1 Å². The molecule has 19 heavy (non-hydrogen) atoms. The Labute approximate surface area is 117 Å². The van der Waals surface area contributed by atoms with E-state index in [0.717, 1.165) is 31.4 Å². The van der Waals surface area contributed by atoms with Gasteiger partial charge in [0.1, 0.15) is 0 Å². The van der Waals surface area contributed by atoms with E-state index in [9.17, 15) is 8.42 Å². The molecule has 1 N–H and O–H groups in total. The third-order valence-corrected chi connectivity index (χ3v) is 5.15. The summed E-state index contributed by atoms with van der Waals surface area (Å²) < 4.78 is 24.1. The van der Waals surface area contributed by atoms with Crippen molar-refractivity contribution in [3.05, 3.63) is 24.3 Å². The van der Waals surface area contributed by atoms with Crippen molar-refractivity contribution in [2.45, 2.75) is 57.4 Å². The molecule has 0 spiro atoms. The molecule has 0 aliphatic heterocycles. The zero-order chi connectivity index (χ0) is 14.3. The van der Waals surface area contributed by atoms with E-state index in [0.29, 0.717) is 10.9 Å². The van der Waals surface area contributed by atoms with Crippen LogP contribution in [0, 0.1) is 0 Å². The maximum absolute atomic E-state index is 12.1. The van der Waals surface area contributed by atoms with Crippen molar-refractivity contribution >= 4 is 15.5 Å². The summed E-state index contributed by atoms with van der Waals surface area (Å²) in [5.74, 6) is 0.136. The van der Waals surface area contributed by atoms with Crippen molar-refractivity contribution in [1.82, 2.24) is 0 Å². The normalized spacial score (nSPS) is 13.2. The van der Waals surface area contributed by atoms with E-state index in [2.05, 4.69) is 19.2 Å². The van der Waals surface area contributed by atoms with Gasteiger partial charge in [-0.05, 0) is 25.0 Å². The summed E-state index contributed by atoms with van der Waals surface area (Å²) in [5.41, 5.74) is 0.743. The van der Waals surface area contributed by atoms with E-state index in [4.69, 9.17) is 0 Å². The highest BCUT2D eigenvalue weighted by molar-refractivity contribution is 7.91. The SMILES string of the molecule is CCCCC(CC)Nc1ccccc1S(=O)(=O)CC. The maximum atomic E-state index is 12.1. The molecule has 1 aromatic rings. The minimum absolute atomic E-state index is 0.136. The molecule has 0 saturated carbocycles. The van der Waals surface area contributed by atoms with E-state index in [1.807, 2.05) is 12.1 Å². The molecule has 3 nitrogen and oxygen atoms in total. The third kappa shape index (κ3) is 4.53. The molecule has 0 fully saturated rings. The maximum Gasteiger partial charge on any atom is 0.180 e. The topological polar surface area (TPSA) is 46.2 Å². The number of rotatable bonds is 8. The first-order valence-corrected chi connectivity index (χ1v) is 8.78. The fourth-order valence-corrected chi connectivity index (χ4v) is 3.12. The molecule has 1 rings (SSSR count). The fourth-order valence-electron chi connectivity index (χ4n) is 2.06. The van der Waals surface area contributed by atoms with Crippen LogP contribution < -0.4 is 5.32 Å². The molecule has 1 aromatic carbocycles. The molecule has 0 bridgehead atoms. The standard InChI is InChI=1S/C15H25NO2S/c1-4-7-10-13(5-2)16-14-11-8-9-12-15(14)19(17,18)6-3/h8-9,11-13,16H,4-7,10H2,1-3H3. The minimum Gasteiger partial charge on any atom is -0.381 e. The number of sulfone groups is 1. The van der Waals surface area contributed by atoms with Gasteiger partial charge in [-0.1, -0.05) is 45.7 Å². The van der Waals surface area contributed by atoms with Crippen LogP contribution in [-0.4, -0.2) is 20.2 Å². The zero-order valence-corrected chi connectivity index (χ0v) is 13.0. The van der Waals surface area contributed by atoms with Crippen molar-refractivity contribution in [3.8, 4) is 0 Å². The van der Waals surface area contributed by atoms with Gasteiger partial charge in [0.2, 0.25) is 0 Å². The molecular formula is C15H25NO2S. The van der Waals surface area contributed by atoms with Crippen molar-refractivity contribution < 1.29 is 8.42 Å².